The van der Waals surface area contributed by atoms with Gasteiger partial charge in [0.2, 0.25) is 5.91 Å². The quantitative estimate of drug-likeness (QED) is 0.699. The molecule has 0 saturated heterocycles. The van der Waals surface area contributed by atoms with Crippen LogP contribution in [0.25, 0.3) is 0 Å². The number of hydrogen-bond acceptors (Lipinski definition) is 1. The van der Waals surface area contributed by atoms with E-state index in [1.807, 2.05) is 0 Å². The van der Waals surface area contributed by atoms with Crippen LogP contribution in [0.3, 0.4) is 0 Å². The lowest BCUT2D eigenvalue weighted by atomic mass is 9.67. The number of hydrogen-bond donors (Lipinski definition) is 1. The Balaban J connectivity index is 2.28. The molecule has 1 saturated carbocycles. The third-order valence-electron chi connectivity index (χ3n) is 3.16. The predicted molar refractivity (Wildman–Crippen MR) is 54.9 cm³/mol. The highest BCUT2D eigenvalue weighted by Crippen LogP contribution is 2.42. The Bertz CT molecular complexity index is 182. The number of halogens is 1. The minimum atomic E-state index is -0.408. The van der Waals surface area contributed by atoms with Gasteiger partial charge in [-0.3, -0.25) is 4.79 Å². The fraction of sp³-hybridized carbons (Fsp3) is 0.900. The fourth-order valence-electron chi connectivity index (χ4n) is 1.75. The van der Waals surface area contributed by atoms with Crippen LogP contribution < -0.4 is 5.32 Å². The lowest BCUT2D eigenvalue weighted by molar-refractivity contribution is -0.121. The molecule has 1 aliphatic rings. The van der Waals surface area contributed by atoms with Gasteiger partial charge in [-0.15, -0.1) is 11.6 Å². The van der Waals surface area contributed by atoms with Crippen LogP contribution >= 0.6 is 11.6 Å². The van der Waals surface area contributed by atoms with Crippen molar-refractivity contribution < 1.29 is 4.79 Å². The van der Waals surface area contributed by atoms with Crippen LogP contribution in [-0.2, 0) is 4.79 Å². The highest BCUT2D eigenvalue weighted by Gasteiger charge is 2.35. The molecular formula is C10H18ClNO. The summed E-state index contributed by atoms with van der Waals surface area (Å²) in [6, 6.07) is 0. The molecule has 0 spiro atoms. The Labute approximate surface area is 85.0 Å². The first-order chi connectivity index (χ1) is 6.09. The van der Waals surface area contributed by atoms with Crippen LogP contribution in [0.15, 0.2) is 0 Å². The molecule has 0 radical (unpaired) electrons. The molecule has 0 heterocycles. The second-order valence-corrected chi connectivity index (χ2v) is 4.70. The Morgan fingerprint density at radius 1 is 1.62 bits per heavy atom. The normalized spacial score (nSPS) is 21.8. The molecule has 13 heavy (non-hydrogen) atoms. The van der Waals surface area contributed by atoms with Gasteiger partial charge in [0.25, 0.3) is 0 Å². The first-order valence-electron chi connectivity index (χ1n) is 5.01. The van der Waals surface area contributed by atoms with E-state index < -0.39 is 5.38 Å². The standard InChI is InChI=1S/C10H18ClNO/c1-3-10(5-4-6-10)7-12-9(13)8(2)11/h8H,3-7H2,1-2H3,(H,12,13). The molecule has 1 fully saturated rings. The number of alkyl halides is 1. The number of nitrogens with one attached hydrogen (secondary N) is 1. The molecule has 1 unspecified atom stereocenters. The molecule has 0 aromatic heterocycles. The molecule has 1 amide bonds. The van der Waals surface area contributed by atoms with Gasteiger partial charge < -0.3 is 5.32 Å². The summed E-state index contributed by atoms with van der Waals surface area (Å²) in [5.74, 6) is -0.0404. The van der Waals surface area contributed by atoms with Crippen LogP contribution in [0, 0.1) is 5.41 Å². The molecule has 0 bridgehead atoms. The van der Waals surface area contributed by atoms with Crippen LogP contribution in [-0.4, -0.2) is 17.8 Å². The summed E-state index contributed by atoms with van der Waals surface area (Å²) in [5.41, 5.74) is 0.390. The molecule has 1 rings (SSSR count). The van der Waals surface area contributed by atoms with E-state index in [1.165, 1.54) is 19.3 Å². The van der Waals surface area contributed by atoms with Gasteiger partial charge in [-0.1, -0.05) is 13.3 Å². The number of carbonyl (C=O) groups excluding carboxylic acids is 1. The summed E-state index contributed by atoms with van der Waals surface area (Å²) in [4.78, 5) is 11.2. The highest BCUT2D eigenvalue weighted by atomic mass is 35.5. The third-order valence-corrected chi connectivity index (χ3v) is 3.36. The largest absolute Gasteiger partial charge is 0.354 e. The van der Waals surface area contributed by atoms with Crippen LogP contribution in [0.2, 0.25) is 0 Å². The van der Waals surface area contributed by atoms with Crippen molar-refractivity contribution in [3.8, 4) is 0 Å². The zero-order valence-electron chi connectivity index (χ0n) is 8.40. The lowest BCUT2D eigenvalue weighted by Crippen LogP contribution is -2.43. The van der Waals surface area contributed by atoms with Crippen LogP contribution in [0.1, 0.15) is 39.5 Å². The molecule has 76 valence electrons. The molecule has 1 atom stereocenters. The van der Waals surface area contributed by atoms with Crippen LogP contribution in [0.4, 0.5) is 0 Å². The molecule has 0 aromatic rings. The summed E-state index contributed by atoms with van der Waals surface area (Å²) in [7, 11) is 0. The average Bonchev–Trinajstić information content (AvgIpc) is 2.02. The predicted octanol–water partition coefficient (Wildman–Crippen LogP) is 2.31. The summed E-state index contributed by atoms with van der Waals surface area (Å²) < 4.78 is 0. The minimum absolute atomic E-state index is 0.0404. The van der Waals surface area contributed by atoms with Crippen molar-refractivity contribution in [1.82, 2.24) is 5.32 Å². The summed E-state index contributed by atoms with van der Waals surface area (Å²) in [5, 5.41) is 2.50. The second kappa shape index (κ2) is 4.32. The van der Waals surface area contributed by atoms with Crippen LogP contribution in [0.5, 0.6) is 0 Å². The van der Waals surface area contributed by atoms with Gasteiger partial charge >= 0.3 is 0 Å². The van der Waals surface area contributed by atoms with Gasteiger partial charge in [-0.05, 0) is 31.6 Å². The Kier molecular flexibility index (Phi) is 3.60. The molecule has 1 N–H and O–H groups in total. The lowest BCUT2D eigenvalue weighted by Gasteiger charge is -2.41. The van der Waals surface area contributed by atoms with E-state index in [4.69, 9.17) is 11.6 Å². The number of rotatable bonds is 4. The fourth-order valence-corrected chi connectivity index (χ4v) is 1.82. The van der Waals surface area contributed by atoms with Gasteiger partial charge in [-0.25, -0.2) is 0 Å². The van der Waals surface area contributed by atoms with Crippen molar-refractivity contribution in [2.24, 2.45) is 5.41 Å². The van der Waals surface area contributed by atoms with Crippen molar-refractivity contribution >= 4 is 17.5 Å². The average molecular weight is 204 g/mol. The smallest absolute Gasteiger partial charge is 0.237 e. The van der Waals surface area contributed by atoms with Crippen molar-refractivity contribution in [3.63, 3.8) is 0 Å². The maximum Gasteiger partial charge on any atom is 0.237 e. The van der Waals surface area contributed by atoms with E-state index in [0.29, 0.717) is 5.41 Å². The van der Waals surface area contributed by atoms with Gasteiger partial charge in [0.05, 0.1) is 0 Å². The minimum Gasteiger partial charge on any atom is -0.354 e. The van der Waals surface area contributed by atoms with E-state index in [1.54, 1.807) is 6.92 Å². The van der Waals surface area contributed by atoms with E-state index in [2.05, 4.69) is 12.2 Å². The van der Waals surface area contributed by atoms with E-state index in [0.717, 1.165) is 13.0 Å². The number of carbonyl (C=O) groups is 1. The summed E-state index contributed by atoms with van der Waals surface area (Å²) in [6.45, 7) is 4.70. The zero-order chi connectivity index (χ0) is 9.90. The molecule has 0 aromatic carbocycles. The van der Waals surface area contributed by atoms with Crippen molar-refractivity contribution in [2.75, 3.05) is 6.54 Å². The zero-order valence-corrected chi connectivity index (χ0v) is 9.16. The van der Waals surface area contributed by atoms with Crippen molar-refractivity contribution in [1.29, 1.82) is 0 Å². The molecule has 2 nitrogen and oxygen atoms in total. The first-order valence-corrected chi connectivity index (χ1v) is 5.45. The Hall–Kier alpha value is -0.240. The van der Waals surface area contributed by atoms with Gasteiger partial charge in [0.1, 0.15) is 5.38 Å². The Morgan fingerprint density at radius 3 is 2.54 bits per heavy atom. The summed E-state index contributed by atoms with van der Waals surface area (Å²) >= 11 is 5.65. The van der Waals surface area contributed by atoms with E-state index in [9.17, 15) is 4.79 Å². The molecule has 0 aliphatic heterocycles. The van der Waals surface area contributed by atoms with Gasteiger partial charge in [-0.2, -0.15) is 0 Å². The Morgan fingerprint density at radius 2 is 2.23 bits per heavy atom. The maximum absolute atomic E-state index is 11.2. The first kappa shape index (κ1) is 10.8. The maximum atomic E-state index is 11.2. The highest BCUT2D eigenvalue weighted by molar-refractivity contribution is 6.30. The number of amides is 1. The van der Waals surface area contributed by atoms with Gasteiger partial charge in [0, 0.05) is 6.54 Å². The van der Waals surface area contributed by atoms with E-state index in [-0.39, 0.29) is 5.91 Å². The van der Waals surface area contributed by atoms with Crippen molar-refractivity contribution in [2.45, 2.75) is 44.9 Å². The van der Waals surface area contributed by atoms with Gasteiger partial charge in [0.15, 0.2) is 0 Å². The van der Waals surface area contributed by atoms with E-state index >= 15 is 0 Å². The molecule has 1 aliphatic carbocycles. The van der Waals surface area contributed by atoms with Crippen molar-refractivity contribution in [3.05, 3.63) is 0 Å². The molecule has 3 heteroatoms. The monoisotopic (exact) mass is 203 g/mol. The SMILES string of the molecule is CCC1(CNC(=O)C(C)Cl)CCC1. The third kappa shape index (κ3) is 2.60. The summed E-state index contributed by atoms with van der Waals surface area (Å²) in [6.07, 6.45) is 4.96. The molecular weight excluding hydrogens is 186 g/mol. The topological polar surface area (TPSA) is 29.1 Å². The second-order valence-electron chi connectivity index (χ2n) is 4.04.